The SMILES string of the molecule is COc1cccc(N2C[C@H]3CN(Cc4ccccc4)C[C@H]3C2)c1. The standard InChI is InChI=1S/C20H24N2O/c1-23-20-9-5-8-19(10-20)22-14-17-12-21(13-18(17)15-22)11-16-6-3-2-4-7-16/h2-10,17-18H,11-15H2,1H3/t17-,18+. The molecule has 2 fully saturated rings. The molecule has 2 atom stereocenters. The Labute approximate surface area is 138 Å². The maximum absolute atomic E-state index is 5.36. The quantitative estimate of drug-likeness (QED) is 0.862. The van der Waals surface area contributed by atoms with Crippen molar-refractivity contribution in [1.29, 1.82) is 0 Å². The zero-order chi connectivity index (χ0) is 15.6. The van der Waals surface area contributed by atoms with Gasteiger partial charge in [-0.2, -0.15) is 0 Å². The summed E-state index contributed by atoms with van der Waals surface area (Å²) in [5.74, 6) is 2.54. The minimum atomic E-state index is 0.796. The third-order valence-corrected chi connectivity index (χ3v) is 5.23. The second-order valence-electron chi connectivity index (χ2n) is 6.81. The van der Waals surface area contributed by atoms with E-state index in [4.69, 9.17) is 4.74 Å². The van der Waals surface area contributed by atoms with Gasteiger partial charge in [0.1, 0.15) is 5.75 Å². The number of likely N-dealkylation sites (tertiary alicyclic amines) is 1. The summed E-state index contributed by atoms with van der Waals surface area (Å²) < 4.78 is 5.36. The molecule has 2 aliphatic heterocycles. The highest BCUT2D eigenvalue weighted by Crippen LogP contribution is 2.35. The van der Waals surface area contributed by atoms with Gasteiger partial charge in [-0.15, -0.1) is 0 Å². The molecule has 0 radical (unpaired) electrons. The molecular weight excluding hydrogens is 284 g/mol. The van der Waals surface area contributed by atoms with E-state index in [9.17, 15) is 0 Å². The predicted octanol–water partition coefficient (Wildman–Crippen LogP) is 3.26. The molecule has 0 aromatic heterocycles. The Kier molecular flexibility index (Phi) is 3.96. The van der Waals surface area contributed by atoms with E-state index in [1.807, 2.05) is 6.07 Å². The van der Waals surface area contributed by atoms with Crippen molar-refractivity contribution >= 4 is 5.69 Å². The number of hydrogen-bond acceptors (Lipinski definition) is 3. The first-order valence-electron chi connectivity index (χ1n) is 8.47. The molecule has 23 heavy (non-hydrogen) atoms. The summed E-state index contributed by atoms with van der Waals surface area (Å²) in [5.41, 5.74) is 2.73. The van der Waals surface area contributed by atoms with Gasteiger partial charge in [-0.3, -0.25) is 4.90 Å². The average molecular weight is 308 g/mol. The van der Waals surface area contributed by atoms with Crippen LogP contribution in [0.2, 0.25) is 0 Å². The van der Waals surface area contributed by atoms with Crippen LogP contribution in [-0.2, 0) is 6.54 Å². The van der Waals surface area contributed by atoms with Crippen molar-refractivity contribution in [3.8, 4) is 5.75 Å². The molecule has 0 aliphatic carbocycles. The van der Waals surface area contributed by atoms with E-state index in [1.165, 1.54) is 37.4 Å². The first-order valence-corrected chi connectivity index (χ1v) is 8.47. The molecule has 3 heteroatoms. The van der Waals surface area contributed by atoms with Gasteiger partial charge in [0, 0.05) is 44.5 Å². The van der Waals surface area contributed by atoms with Crippen molar-refractivity contribution in [3.63, 3.8) is 0 Å². The molecule has 0 saturated carbocycles. The minimum Gasteiger partial charge on any atom is -0.497 e. The molecule has 0 N–H and O–H groups in total. The van der Waals surface area contributed by atoms with Gasteiger partial charge in [-0.05, 0) is 29.5 Å². The van der Waals surface area contributed by atoms with Gasteiger partial charge in [0.05, 0.1) is 7.11 Å². The number of anilines is 1. The molecular formula is C20H24N2O. The first-order chi connectivity index (χ1) is 11.3. The number of nitrogens with zero attached hydrogens (tertiary/aromatic N) is 2. The smallest absolute Gasteiger partial charge is 0.120 e. The van der Waals surface area contributed by atoms with Gasteiger partial charge in [0.25, 0.3) is 0 Å². The van der Waals surface area contributed by atoms with Crippen LogP contribution in [-0.4, -0.2) is 38.2 Å². The van der Waals surface area contributed by atoms with Crippen molar-refractivity contribution in [3.05, 3.63) is 60.2 Å². The molecule has 2 heterocycles. The summed E-state index contributed by atoms with van der Waals surface area (Å²) in [6, 6.07) is 19.3. The number of methoxy groups -OCH3 is 1. The average Bonchev–Trinajstić information content (AvgIpc) is 3.14. The van der Waals surface area contributed by atoms with Crippen LogP contribution in [0.25, 0.3) is 0 Å². The van der Waals surface area contributed by atoms with Crippen LogP contribution < -0.4 is 9.64 Å². The summed E-state index contributed by atoms with van der Waals surface area (Å²) in [5, 5.41) is 0. The number of fused-ring (bicyclic) bond motifs is 1. The van der Waals surface area contributed by atoms with Crippen LogP contribution in [0.5, 0.6) is 5.75 Å². The minimum absolute atomic E-state index is 0.796. The highest BCUT2D eigenvalue weighted by molar-refractivity contribution is 5.52. The maximum Gasteiger partial charge on any atom is 0.120 e. The van der Waals surface area contributed by atoms with Crippen molar-refractivity contribution in [1.82, 2.24) is 4.90 Å². The van der Waals surface area contributed by atoms with Crippen LogP contribution in [0, 0.1) is 11.8 Å². The molecule has 3 nitrogen and oxygen atoms in total. The number of ether oxygens (including phenoxy) is 1. The Bertz CT molecular complexity index is 644. The van der Waals surface area contributed by atoms with Crippen LogP contribution in [0.4, 0.5) is 5.69 Å². The zero-order valence-corrected chi connectivity index (χ0v) is 13.7. The number of benzene rings is 2. The normalized spacial score (nSPS) is 24.0. The topological polar surface area (TPSA) is 15.7 Å². The van der Waals surface area contributed by atoms with E-state index >= 15 is 0 Å². The number of hydrogen-bond donors (Lipinski definition) is 0. The molecule has 2 aliphatic rings. The Balaban J connectivity index is 1.38. The van der Waals surface area contributed by atoms with E-state index in [-0.39, 0.29) is 0 Å². The highest BCUT2D eigenvalue weighted by Gasteiger charge is 2.39. The lowest BCUT2D eigenvalue weighted by Crippen LogP contribution is -2.28. The fraction of sp³-hybridized carbons (Fsp3) is 0.400. The summed E-state index contributed by atoms with van der Waals surface area (Å²) >= 11 is 0. The van der Waals surface area contributed by atoms with Crippen molar-refractivity contribution in [2.45, 2.75) is 6.54 Å². The monoisotopic (exact) mass is 308 g/mol. The second-order valence-corrected chi connectivity index (χ2v) is 6.81. The maximum atomic E-state index is 5.36. The summed E-state index contributed by atoms with van der Waals surface area (Å²) in [6.45, 7) is 5.87. The Morgan fingerprint density at radius 1 is 0.913 bits per heavy atom. The zero-order valence-electron chi connectivity index (χ0n) is 13.7. The Morgan fingerprint density at radius 3 is 2.35 bits per heavy atom. The number of rotatable bonds is 4. The van der Waals surface area contributed by atoms with E-state index in [1.54, 1.807) is 7.11 Å². The van der Waals surface area contributed by atoms with Gasteiger partial charge in [-0.25, -0.2) is 0 Å². The molecule has 0 amide bonds. The van der Waals surface area contributed by atoms with E-state index in [2.05, 4.69) is 58.3 Å². The molecule has 0 bridgehead atoms. The fourth-order valence-electron chi connectivity index (χ4n) is 4.08. The van der Waals surface area contributed by atoms with Crippen molar-refractivity contribution in [2.75, 3.05) is 38.2 Å². The van der Waals surface area contributed by atoms with E-state index in [0.29, 0.717) is 0 Å². The van der Waals surface area contributed by atoms with Crippen LogP contribution in [0.1, 0.15) is 5.56 Å². The molecule has 0 spiro atoms. The summed E-state index contributed by atoms with van der Waals surface area (Å²) in [4.78, 5) is 5.14. The lowest BCUT2D eigenvalue weighted by molar-refractivity contribution is 0.309. The second kappa shape index (κ2) is 6.25. The first kappa shape index (κ1) is 14.6. The fourth-order valence-corrected chi connectivity index (χ4v) is 4.08. The molecule has 120 valence electrons. The van der Waals surface area contributed by atoms with E-state index in [0.717, 1.165) is 24.1 Å². The molecule has 2 saturated heterocycles. The largest absolute Gasteiger partial charge is 0.497 e. The molecule has 0 unspecified atom stereocenters. The van der Waals surface area contributed by atoms with Crippen LogP contribution >= 0.6 is 0 Å². The van der Waals surface area contributed by atoms with Gasteiger partial charge < -0.3 is 9.64 Å². The lowest BCUT2D eigenvalue weighted by Gasteiger charge is -2.23. The third-order valence-electron chi connectivity index (χ3n) is 5.23. The highest BCUT2D eigenvalue weighted by atomic mass is 16.5. The van der Waals surface area contributed by atoms with Gasteiger partial charge in [0.15, 0.2) is 0 Å². The third kappa shape index (κ3) is 3.06. The summed E-state index contributed by atoms with van der Waals surface area (Å²) in [6.07, 6.45) is 0. The molecule has 4 rings (SSSR count). The van der Waals surface area contributed by atoms with Gasteiger partial charge in [-0.1, -0.05) is 36.4 Å². The molecule has 2 aromatic carbocycles. The Hall–Kier alpha value is -2.00. The lowest BCUT2D eigenvalue weighted by atomic mass is 10.0. The van der Waals surface area contributed by atoms with Crippen molar-refractivity contribution < 1.29 is 4.74 Å². The Morgan fingerprint density at radius 2 is 1.65 bits per heavy atom. The van der Waals surface area contributed by atoms with Gasteiger partial charge >= 0.3 is 0 Å². The van der Waals surface area contributed by atoms with E-state index < -0.39 is 0 Å². The van der Waals surface area contributed by atoms with Crippen LogP contribution in [0.3, 0.4) is 0 Å². The van der Waals surface area contributed by atoms with Gasteiger partial charge in [0.2, 0.25) is 0 Å². The summed E-state index contributed by atoms with van der Waals surface area (Å²) in [7, 11) is 1.74. The predicted molar refractivity (Wildman–Crippen MR) is 93.9 cm³/mol. The van der Waals surface area contributed by atoms with Crippen LogP contribution in [0.15, 0.2) is 54.6 Å². The van der Waals surface area contributed by atoms with Crippen molar-refractivity contribution in [2.24, 2.45) is 11.8 Å². The molecule has 2 aromatic rings.